The second-order valence-electron chi connectivity index (χ2n) is 5.04. The van der Waals surface area contributed by atoms with Gasteiger partial charge in [0.25, 0.3) is 5.78 Å². The van der Waals surface area contributed by atoms with E-state index in [1.165, 1.54) is 11.9 Å². The number of para-hydroxylation sites is 2. The van der Waals surface area contributed by atoms with Gasteiger partial charge in [0.2, 0.25) is 0 Å². The van der Waals surface area contributed by atoms with E-state index in [1.54, 1.807) is 11.6 Å². The maximum Gasteiger partial charge on any atom is 0.254 e. The van der Waals surface area contributed by atoms with Gasteiger partial charge in [0.05, 0.1) is 18.5 Å². The number of nitrogens with zero attached hydrogens (tertiary/aromatic N) is 4. The summed E-state index contributed by atoms with van der Waals surface area (Å²) < 4.78 is 7.17. The van der Waals surface area contributed by atoms with Crippen molar-refractivity contribution < 1.29 is 4.74 Å². The first-order valence-corrected chi connectivity index (χ1v) is 6.98. The molecule has 0 saturated heterocycles. The number of rotatable bonds is 3. The summed E-state index contributed by atoms with van der Waals surface area (Å²) >= 11 is 0. The van der Waals surface area contributed by atoms with Gasteiger partial charge in [-0.25, -0.2) is 4.98 Å². The van der Waals surface area contributed by atoms with E-state index in [9.17, 15) is 0 Å². The summed E-state index contributed by atoms with van der Waals surface area (Å²) in [4.78, 5) is 8.79. The Balaban J connectivity index is 1.88. The van der Waals surface area contributed by atoms with Crippen LogP contribution in [0.2, 0.25) is 0 Å². The molecule has 0 aliphatic heterocycles. The van der Waals surface area contributed by atoms with Gasteiger partial charge >= 0.3 is 0 Å². The number of anilines is 2. The average molecular weight is 281 g/mol. The Hall–Kier alpha value is -2.63. The highest BCUT2D eigenvalue weighted by Gasteiger charge is 2.21. The second-order valence-corrected chi connectivity index (χ2v) is 5.04. The van der Waals surface area contributed by atoms with Crippen molar-refractivity contribution in [3.63, 3.8) is 0 Å². The lowest BCUT2D eigenvalue weighted by Crippen LogP contribution is -2.07. The number of ether oxygens (including phenoxy) is 1. The van der Waals surface area contributed by atoms with E-state index in [-0.39, 0.29) is 0 Å². The summed E-state index contributed by atoms with van der Waals surface area (Å²) in [5.74, 6) is 2.37. The fourth-order valence-electron chi connectivity index (χ4n) is 2.83. The minimum absolute atomic E-state index is 0.632. The smallest absolute Gasteiger partial charge is 0.254 e. The van der Waals surface area contributed by atoms with Crippen LogP contribution in [0, 0.1) is 0 Å². The summed E-state index contributed by atoms with van der Waals surface area (Å²) in [5.41, 5.74) is 3.25. The minimum Gasteiger partial charge on any atom is -0.495 e. The molecule has 0 radical (unpaired) electrons. The van der Waals surface area contributed by atoms with Crippen molar-refractivity contribution in [2.45, 2.75) is 19.3 Å². The van der Waals surface area contributed by atoms with Crippen molar-refractivity contribution in [1.82, 2.24) is 19.6 Å². The van der Waals surface area contributed by atoms with Gasteiger partial charge in [-0.15, -0.1) is 0 Å². The van der Waals surface area contributed by atoms with Crippen molar-refractivity contribution in [2.24, 2.45) is 0 Å². The van der Waals surface area contributed by atoms with E-state index in [0.29, 0.717) is 5.78 Å². The van der Waals surface area contributed by atoms with Gasteiger partial charge in [0.1, 0.15) is 17.9 Å². The number of fused-ring (bicyclic) bond motifs is 2. The number of hydrogen-bond donors (Lipinski definition) is 1. The lowest BCUT2D eigenvalue weighted by atomic mass is 10.2. The zero-order valence-electron chi connectivity index (χ0n) is 11.7. The third kappa shape index (κ3) is 1.91. The molecule has 0 fully saturated rings. The maximum absolute atomic E-state index is 5.41. The van der Waals surface area contributed by atoms with Crippen LogP contribution in [0.1, 0.15) is 17.7 Å². The Morgan fingerprint density at radius 3 is 3.05 bits per heavy atom. The topological polar surface area (TPSA) is 64.3 Å². The fraction of sp³-hybridized carbons (Fsp3) is 0.267. The van der Waals surface area contributed by atoms with Crippen LogP contribution in [0.4, 0.5) is 11.5 Å². The number of hydrogen-bond acceptors (Lipinski definition) is 5. The van der Waals surface area contributed by atoms with Crippen molar-refractivity contribution in [3.05, 3.63) is 41.9 Å². The zero-order chi connectivity index (χ0) is 14.2. The molecule has 6 nitrogen and oxygen atoms in total. The SMILES string of the molecule is COc1ccccc1Nc1c2c(nc3ncnn13)CCC2. The van der Waals surface area contributed by atoms with Crippen LogP contribution in [-0.2, 0) is 12.8 Å². The van der Waals surface area contributed by atoms with Gasteiger partial charge in [-0.05, 0) is 31.4 Å². The zero-order valence-corrected chi connectivity index (χ0v) is 11.7. The second kappa shape index (κ2) is 4.73. The summed E-state index contributed by atoms with van der Waals surface area (Å²) in [6.45, 7) is 0. The standard InChI is InChI=1S/C15H15N5O/c1-21-13-8-3-2-6-12(13)18-14-10-5-4-7-11(10)19-15-16-9-17-20(14)15/h2-3,6,8-9,18H,4-5,7H2,1H3. The minimum atomic E-state index is 0.632. The lowest BCUT2D eigenvalue weighted by Gasteiger charge is -2.14. The fourth-order valence-corrected chi connectivity index (χ4v) is 2.83. The molecule has 2 heterocycles. The Morgan fingerprint density at radius 2 is 2.14 bits per heavy atom. The van der Waals surface area contributed by atoms with E-state index in [1.807, 2.05) is 24.3 Å². The highest BCUT2D eigenvalue weighted by Crippen LogP contribution is 2.32. The summed E-state index contributed by atoms with van der Waals surface area (Å²) in [5, 5.41) is 7.74. The third-order valence-electron chi connectivity index (χ3n) is 3.81. The predicted molar refractivity (Wildman–Crippen MR) is 79.1 cm³/mol. The molecule has 0 unspecified atom stereocenters. The van der Waals surface area contributed by atoms with Crippen LogP contribution in [-0.4, -0.2) is 26.7 Å². The predicted octanol–water partition coefficient (Wildman–Crippen LogP) is 2.37. The molecule has 6 heteroatoms. The van der Waals surface area contributed by atoms with Gasteiger partial charge in [-0.1, -0.05) is 12.1 Å². The number of nitrogens with one attached hydrogen (secondary N) is 1. The van der Waals surface area contributed by atoms with E-state index >= 15 is 0 Å². The van der Waals surface area contributed by atoms with Crippen LogP contribution >= 0.6 is 0 Å². The van der Waals surface area contributed by atoms with Gasteiger partial charge in [-0.3, -0.25) is 0 Å². The average Bonchev–Trinajstić information content (AvgIpc) is 3.16. The molecule has 1 N–H and O–H groups in total. The molecule has 0 amide bonds. The van der Waals surface area contributed by atoms with E-state index in [4.69, 9.17) is 4.74 Å². The summed E-state index contributed by atoms with van der Waals surface area (Å²) in [7, 11) is 1.67. The third-order valence-corrected chi connectivity index (χ3v) is 3.81. The Morgan fingerprint density at radius 1 is 1.24 bits per heavy atom. The monoisotopic (exact) mass is 281 g/mol. The Labute approximate surface area is 121 Å². The molecular formula is C15H15N5O. The number of aryl methyl sites for hydroxylation is 1. The molecule has 0 saturated carbocycles. The number of benzene rings is 1. The molecule has 1 aliphatic rings. The Kier molecular flexibility index (Phi) is 2.73. The first-order valence-electron chi connectivity index (χ1n) is 6.98. The number of aromatic nitrogens is 4. The quantitative estimate of drug-likeness (QED) is 0.798. The molecule has 0 atom stereocenters. The highest BCUT2D eigenvalue weighted by molar-refractivity contribution is 5.68. The molecule has 3 aromatic rings. The maximum atomic E-state index is 5.41. The molecule has 2 aromatic heterocycles. The van der Waals surface area contributed by atoms with E-state index < -0.39 is 0 Å². The molecule has 1 aliphatic carbocycles. The van der Waals surface area contributed by atoms with Crippen LogP contribution in [0.5, 0.6) is 5.75 Å². The molecule has 106 valence electrons. The molecule has 1 aromatic carbocycles. The normalized spacial score (nSPS) is 13.4. The van der Waals surface area contributed by atoms with Crippen molar-refractivity contribution in [1.29, 1.82) is 0 Å². The van der Waals surface area contributed by atoms with E-state index in [0.717, 1.165) is 42.2 Å². The van der Waals surface area contributed by atoms with Crippen LogP contribution in [0.25, 0.3) is 5.78 Å². The van der Waals surface area contributed by atoms with Gasteiger partial charge in [0.15, 0.2) is 0 Å². The summed E-state index contributed by atoms with van der Waals surface area (Å²) in [6.07, 6.45) is 4.66. The van der Waals surface area contributed by atoms with Gasteiger partial charge in [-0.2, -0.15) is 14.6 Å². The van der Waals surface area contributed by atoms with Crippen LogP contribution in [0.15, 0.2) is 30.6 Å². The molecular weight excluding hydrogens is 266 g/mol. The first-order chi connectivity index (χ1) is 10.4. The van der Waals surface area contributed by atoms with Gasteiger partial charge < -0.3 is 10.1 Å². The number of methoxy groups -OCH3 is 1. The lowest BCUT2D eigenvalue weighted by molar-refractivity contribution is 0.417. The van der Waals surface area contributed by atoms with Crippen LogP contribution in [0.3, 0.4) is 0 Å². The molecule has 4 rings (SSSR count). The van der Waals surface area contributed by atoms with Gasteiger partial charge in [0, 0.05) is 5.56 Å². The molecule has 0 spiro atoms. The largest absolute Gasteiger partial charge is 0.495 e. The van der Waals surface area contributed by atoms with E-state index in [2.05, 4.69) is 20.4 Å². The molecule has 21 heavy (non-hydrogen) atoms. The van der Waals surface area contributed by atoms with Crippen LogP contribution < -0.4 is 10.1 Å². The van der Waals surface area contributed by atoms with Crippen molar-refractivity contribution in [2.75, 3.05) is 12.4 Å². The van der Waals surface area contributed by atoms with Crippen molar-refractivity contribution >= 4 is 17.3 Å². The summed E-state index contributed by atoms with van der Waals surface area (Å²) in [6, 6.07) is 7.85. The van der Waals surface area contributed by atoms with Crippen molar-refractivity contribution in [3.8, 4) is 5.75 Å². The Bertz CT molecular complexity index is 811. The highest BCUT2D eigenvalue weighted by atomic mass is 16.5. The molecule has 0 bridgehead atoms. The first kappa shape index (κ1) is 12.1.